The largest absolute Gasteiger partial charge is 0.497 e. The molecule has 0 amide bonds. The number of allylic oxidation sites excluding steroid dienone is 1. The van der Waals surface area contributed by atoms with Crippen molar-refractivity contribution in [3.05, 3.63) is 61.9 Å². The fourth-order valence-electron chi connectivity index (χ4n) is 2.67. The minimum atomic E-state index is -0.414. The summed E-state index contributed by atoms with van der Waals surface area (Å²) in [5.41, 5.74) is 1.73. The first-order valence-corrected chi connectivity index (χ1v) is 7.28. The minimum Gasteiger partial charge on any atom is -0.497 e. The van der Waals surface area contributed by atoms with E-state index in [1.807, 2.05) is 30.4 Å². The van der Waals surface area contributed by atoms with Crippen molar-refractivity contribution in [2.75, 3.05) is 7.11 Å². The molecule has 0 radical (unpaired) electrons. The van der Waals surface area contributed by atoms with E-state index in [4.69, 9.17) is 9.47 Å². The summed E-state index contributed by atoms with van der Waals surface area (Å²) in [6, 6.07) is 5.71. The zero-order valence-electron chi connectivity index (χ0n) is 13.3. The second kappa shape index (κ2) is 5.79. The van der Waals surface area contributed by atoms with E-state index >= 15 is 0 Å². The van der Waals surface area contributed by atoms with Crippen LogP contribution in [0.15, 0.2) is 33.9 Å². The molecule has 0 atom stereocenters. The van der Waals surface area contributed by atoms with Crippen molar-refractivity contribution < 1.29 is 9.47 Å². The van der Waals surface area contributed by atoms with Crippen LogP contribution < -0.4 is 20.7 Å². The molecule has 6 nitrogen and oxygen atoms in total. The Labute approximate surface area is 133 Å². The predicted octanol–water partition coefficient (Wildman–Crippen LogP) is 1.24. The molecule has 0 N–H and O–H groups in total. The molecule has 2 heterocycles. The highest BCUT2D eigenvalue weighted by Crippen LogP contribution is 2.23. The van der Waals surface area contributed by atoms with Crippen molar-refractivity contribution in [1.29, 1.82) is 0 Å². The first-order chi connectivity index (χ1) is 11.0. The highest BCUT2D eigenvalue weighted by molar-refractivity contribution is 5.56. The second-order valence-corrected chi connectivity index (χ2v) is 5.44. The summed E-state index contributed by atoms with van der Waals surface area (Å²) >= 11 is 0. The van der Waals surface area contributed by atoms with Crippen molar-refractivity contribution >= 4 is 6.08 Å². The van der Waals surface area contributed by atoms with E-state index in [1.165, 1.54) is 11.6 Å². The monoisotopic (exact) mass is 314 g/mol. The van der Waals surface area contributed by atoms with Gasteiger partial charge in [0.15, 0.2) is 0 Å². The Morgan fingerprint density at radius 3 is 2.70 bits per heavy atom. The van der Waals surface area contributed by atoms with Gasteiger partial charge in [0.1, 0.15) is 12.4 Å². The number of hydrogen-bond acceptors (Lipinski definition) is 4. The van der Waals surface area contributed by atoms with Crippen molar-refractivity contribution in [2.24, 2.45) is 14.1 Å². The molecule has 120 valence electrons. The van der Waals surface area contributed by atoms with Gasteiger partial charge in [0.25, 0.3) is 5.56 Å². The lowest BCUT2D eigenvalue weighted by Crippen LogP contribution is -2.39. The van der Waals surface area contributed by atoms with Crippen molar-refractivity contribution in [1.82, 2.24) is 9.13 Å². The van der Waals surface area contributed by atoms with Gasteiger partial charge in [-0.05, 0) is 17.7 Å². The molecule has 0 saturated carbocycles. The molecule has 1 aromatic carbocycles. The SMILES string of the molecule is COc1ccc2c(c1)COc1c(n(C)c(=O)n(C)c1=O)C/C=C\2. The van der Waals surface area contributed by atoms with Crippen LogP contribution in [0, 0.1) is 0 Å². The van der Waals surface area contributed by atoms with Crippen LogP contribution in [0.2, 0.25) is 0 Å². The van der Waals surface area contributed by atoms with Crippen LogP contribution in [0.25, 0.3) is 6.08 Å². The fraction of sp³-hybridized carbons (Fsp3) is 0.294. The number of fused-ring (bicyclic) bond motifs is 2. The number of ether oxygens (including phenoxy) is 2. The Kier molecular flexibility index (Phi) is 3.82. The van der Waals surface area contributed by atoms with Crippen LogP contribution in [-0.2, 0) is 27.1 Å². The van der Waals surface area contributed by atoms with Gasteiger partial charge in [-0.15, -0.1) is 0 Å². The summed E-state index contributed by atoms with van der Waals surface area (Å²) in [7, 11) is 4.70. The van der Waals surface area contributed by atoms with Crippen LogP contribution in [0.1, 0.15) is 16.8 Å². The molecular formula is C17H18N2O4. The Morgan fingerprint density at radius 2 is 1.96 bits per heavy atom. The predicted molar refractivity (Wildman–Crippen MR) is 87.0 cm³/mol. The van der Waals surface area contributed by atoms with Gasteiger partial charge in [-0.25, -0.2) is 4.79 Å². The Bertz CT molecular complexity index is 906. The molecule has 3 rings (SSSR count). The molecule has 23 heavy (non-hydrogen) atoms. The molecule has 1 aromatic heterocycles. The van der Waals surface area contributed by atoms with E-state index in [0.717, 1.165) is 21.4 Å². The number of methoxy groups -OCH3 is 1. The fourth-order valence-corrected chi connectivity index (χ4v) is 2.67. The molecule has 0 unspecified atom stereocenters. The van der Waals surface area contributed by atoms with Gasteiger partial charge in [0, 0.05) is 26.1 Å². The molecule has 1 aliphatic rings. The third-order valence-electron chi connectivity index (χ3n) is 4.07. The molecular weight excluding hydrogens is 296 g/mol. The van der Waals surface area contributed by atoms with Crippen LogP contribution in [0.4, 0.5) is 0 Å². The average molecular weight is 314 g/mol. The van der Waals surface area contributed by atoms with E-state index in [2.05, 4.69) is 0 Å². The number of nitrogens with zero attached hydrogens (tertiary/aromatic N) is 2. The van der Waals surface area contributed by atoms with Gasteiger partial charge in [-0.3, -0.25) is 13.9 Å². The van der Waals surface area contributed by atoms with E-state index in [1.54, 1.807) is 14.2 Å². The van der Waals surface area contributed by atoms with Crippen molar-refractivity contribution in [3.8, 4) is 11.5 Å². The average Bonchev–Trinajstić information content (AvgIpc) is 2.66. The first kappa shape index (κ1) is 15.1. The molecule has 0 aliphatic carbocycles. The summed E-state index contributed by atoms with van der Waals surface area (Å²) < 4.78 is 13.6. The van der Waals surface area contributed by atoms with Crippen LogP contribution in [-0.4, -0.2) is 16.2 Å². The molecule has 2 aromatic rings. The van der Waals surface area contributed by atoms with E-state index in [9.17, 15) is 9.59 Å². The summed E-state index contributed by atoms with van der Waals surface area (Å²) in [6.45, 7) is 0.233. The van der Waals surface area contributed by atoms with E-state index in [-0.39, 0.29) is 18.0 Å². The van der Waals surface area contributed by atoms with Gasteiger partial charge in [0.2, 0.25) is 5.75 Å². The molecule has 1 aliphatic heterocycles. The van der Waals surface area contributed by atoms with Crippen molar-refractivity contribution in [2.45, 2.75) is 13.0 Å². The third-order valence-corrected chi connectivity index (χ3v) is 4.07. The van der Waals surface area contributed by atoms with Gasteiger partial charge < -0.3 is 9.47 Å². The Hall–Kier alpha value is -2.76. The van der Waals surface area contributed by atoms with Gasteiger partial charge in [-0.2, -0.15) is 0 Å². The zero-order valence-corrected chi connectivity index (χ0v) is 13.3. The molecule has 0 fully saturated rings. The van der Waals surface area contributed by atoms with Crippen LogP contribution >= 0.6 is 0 Å². The smallest absolute Gasteiger partial charge is 0.330 e. The standard InChI is InChI=1S/C17H18N2O4/c1-18-14-6-4-5-11-7-8-13(22-3)9-12(11)10-23-15(14)16(20)19(2)17(18)21/h4-5,7-9H,6,10H2,1-3H3/b5-4-. The van der Waals surface area contributed by atoms with Crippen LogP contribution in [0.5, 0.6) is 11.5 Å². The lowest BCUT2D eigenvalue weighted by Gasteiger charge is -2.14. The summed E-state index contributed by atoms with van der Waals surface area (Å²) in [4.78, 5) is 24.5. The lowest BCUT2D eigenvalue weighted by atomic mass is 10.1. The minimum absolute atomic E-state index is 0.218. The Balaban J connectivity index is 2.15. The Morgan fingerprint density at radius 1 is 1.17 bits per heavy atom. The third kappa shape index (κ3) is 2.56. The van der Waals surface area contributed by atoms with Gasteiger partial charge in [-0.1, -0.05) is 18.2 Å². The van der Waals surface area contributed by atoms with Crippen LogP contribution in [0.3, 0.4) is 0 Å². The molecule has 0 saturated heterocycles. The highest BCUT2D eigenvalue weighted by atomic mass is 16.5. The lowest BCUT2D eigenvalue weighted by molar-refractivity contribution is 0.290. The summed E-state index contributed by atoms with van der Waals surface area (Å²) in [6.07, 6.45) is 4.34. The van der Waals surface area contributed by atoms with E-state index in [0.29, 0.717) is 12.1 Å². The topological polar surface area (TPSA) is 62.5 Å². The van der Waals surface area contributed by atoms with Gasteiger partial charge in [0.05, 0.1) is 12.8 Å². The maximum atomic E-state index is 12.4. The number of rotatable bonds is 1. The molecule has 6 heteroatoms. The second-order valence-electron chi connectivity index (χ2n) is 5.44. The first-order valence-electron chi connectivity index (χ1n) is 7.28. The van der Waals surface area contributed by atoms with Crippen molar-refractivity contribution in [3.63, 3.8) is 0 Å². The number of aromatic nitrogens is 2. The van der Waals surface area contributed by atoms with E-state index < -0.39 is 5.56 Å². The highest BCUT2D eigenvalue weighted by Gasteiger charge is 2.18. The van der Waals surface area contributed by atoms with Gasteiger partial charge >= 0.3 is 5.69 Å². The summed E-state index contributed by atoms with van der Waals surface area (Å²) in [5.74, 6) is 0.948. The zero-order chi connectivity index (χ0) is 16.6. The quantitative estimate of drug-likeness (QED) is 0.794. The molecule has 0 spiro atoms. The normalized spacial score (nSPS) is 14.6. The molecule has 0 bridgehead atoms. The maximum absolute atomic E-state index is 12.4. The number of benzene rings is 1. The summed E-state index contributed by atoms with van der Waals surface area (Å²) in [5, 5.41) is 0. The maximum Gasteiger partial charge on any atom is 0.330 e. The number of hydrogen-bond donors (Lipinski definition) is 0.